The van der Waals surface area contributed by atoms with Crippen molar-refractivity contribution in [3.8, 4) is 5.75 Å². The molecule has 6 nitrogen and oxygen atoms in total. The van der Waals surface area contributed by atoms with Crippen LogP contribution in [0.2, 0.25) is 0 Å². The van der Waals surface area contributed by atoms with E-state index < -0.39 is 0 Å². The predicted molar refractivity (Wildman–Crippen MR) is 105 cm³/mol. The summed E-state index contributed by atoms with van der Waals surface area (Å²) in [4.78, 5) is 17.6. The standard InChI is InChI=1S/C16H26N4O2.HI/c1-5-17-16(19-12-15(21)20(3)4)18-11-13-8-7-9-14(10-13)22-6-2;/h7-10H,5-6,11-12H2,1-4H3,(H2,17,18,19);1H. The Labute approximate surface area is 155 Å². The average molecular weight is 434 g/mol. The van der Waals surface area contributed by atoms with Crippen molar-refractivity contribution >= 4 is 35.8 Å². The van der Waals surface area contributed by atoms with E-state index in [1.54, 1.807) is 19.0 Å². The normalized spacial score (nSPS) is 10.5. The van der Waals surface area contributed by atoms with Gasteiger partial charge in [0.15, 0.2) is 5.96 Å². The van der Waals surface area contributed by atoms with Crippen molar-refractivity contribution in [3.63, 3.8) is 0 Å². The molecule has 0 fully saturated rings. The lowest BCUT2D eigenvalue weighted by Crippen LogP contribution is -2.42. The smallest absolute Gasteiger partial charge is 0.241 e. The van der Waals surface area contributed by atoms with E-state index in [4.69, 9.17) is 4.74 Å². The van der Waals surface area contributed by atoms with Gasteiger partial charge in [-0.1, -0.05) is 12.1 Å². The number of halogens is 1. The number of guanidine groups is 1. The third-order valence-corrected chi connectivity index (χ3v) is 2.88. The van der Waals surface area contributed by atoms with E-state index in [0.29, 0.717) is 19.1 Å². The molecular formula is C16H27IN4O2. The van der Waals surface area contributed by atoms with Gasteiger partial charge in [0.2, 0.25) is 5.91 Å². The molecule has 0 aromatic heterocycles. The number of ether oxygens (including phenoxy) is 1. The summed E-state index contributed by atoms with van der Waals surface area (Å²) in [5, 5.41) is 6.15. The molecule has 1 aromatic rings. The zero-order valence-corrected chi connectivity index (χ0v) is 16.6. The first-order chi connectivity index (χ1) is 10.6. The molecule has 0 unspecified atom stereocenters. The van der Waals surface area contributed by atoms with Gasteiger partial charge in [-0.25, -0.2) is 4.99 Å². The SMILES string of the molecule is CCNC(=NCc1cccc(OCC)c1)NCC(=O)N(C)C.I. The van der Waals surface area contributed by atoms with Crippen LogP contribution in [0.1, 0.15) is 19.4 Å². The van der Waals surface area contributed by atoms with Gasteiger partial charge in [0.25, 0.3) is 0 Å². The highest BCUT2D eigenvalue weighted by Gasteiger charge is 2.05. The van der Waals surface area contributed by atoms with Crippen LogP contribution in [0.25, 0.3) is 0 Å². The first kappa shape index (κ1) is 21.5. The van der Waals surface area contributed by atoms with Crippen LogP contribution in [-0.2, 0) is 11.3 Å². The number of nitrogens with one attached hydrogen (secondary N) is 2. The number of carbonyl (C=O) groups is 1. The number of hydrogen-bond donors (Lipinski definition) is 2. The maximum Gasteiger partial charge on any atom is 0.241 e. The summed E-state index contributed by atoms with van der Waals surface area (Å²) in [7, 11) is 3.46. The van der Waals surface area contributed by atoms with Gasteiger partial charge < -0.3 is 20.3 Å². The maximum atomic E-state index is 11.6. The van der Waals surface area contributed by atoms with Crippen molar-refractivity contribution in [2.24, 2.45) is 4.99 Å². The highest BCUT2D eigenvalue weighted by molar-refractivity contribution is 14.0. The number of nitrogens with zero attached hydrogens (tertiary/aromatic N) is 2. The molecule has 0 bridgehead atoms. The average Bonchev–Trinajstić information content (AvgIpc) is 2.50. The van der Waals surface area contributed by atoms with Gasteiger partial charge in [-0.15, -0.1) is 24.0 Å². The van der Waals surface area contributed by atoms with Crippen LogP contribution in [0, 0.1) is 0 Å². The van der Waals surface area contributed by atoms with Crippen molar-refractivity contribution in [3.05, 3.63) is 29.8 Å². The zero-order valence-electron chi connectivity index (χ0n) is 14.3. The molecule has 0 atom stereocenters. The van der Waals surface area contributed by atoms with Crippen LogP contribution in [0.15, 0.2) is 29.3 Å². The molecule has 0 saturated heterocycles. The first-order valence-corrected chi connectivity index (χ1v) is 7.50. The summed E-state index contributed by atoms with van der Waals surface area (Å²) in [5.41, 5.74) is 1.06. The molecule has 1 aromatic carbocycles. The van der Waals surface area contributed by atoms with Crippen LogP contribution in [0.3, 0.4) is 0 Å². The lowest BCUT2D eigenvalue weighted by atomic mass is 10.2. The fourth-order valence-electron chi connectivity index (χ4n) is 1.73. The van der Waals surface area contributed by atoms with Gasteiger partial charge in [0.05, 0.1) is 19.7 Å². The van der Waals surface area contributed by atoms with E-state index in [0.717, 1.165) is 17.9 Å². The van der Waals surface area contributed by atoms with Gasteiger partial charge in [0, 0.05) is 20.6 Å². The van der Waals surface area contributed by atoms with Crippen LogP contribution >= 0.6 is 24.0 Å². The lowest BCUT2D eigenvalue weighted by Gasteiger charge is -2.14. The van der Waals surface area contributed by atoms with Crippen molar-refractivity contribution < 1.29 is 9.53 Å². The number of benzene rings is 1. The van der Waals surface area contributed by atoms with Crippen LogP contribution in [0.5, 0.6) is 5.75 Å². The van der Waals surface area contributed by atoms with Gasteiger partial charge in [0.1, 0.15) is 5.75 Å². The van der Waals surface area contributed by atoms with E-state index in [-0.39, 0.29) is 36.4 Å². The van der Waals surface area contributed by atoms with Crippen molar-refractivity contribution in [1.82, 2.24) is 15.5 Å². The second-order valence-electron chi connectivity index (χ2n) is 4.92. The zero-order chi connectivity index (χ0) is 16.4. The Hall–Kier alpha value is -1.51. The van der Waals surface area contributed by atoms with Crippen molar-refractivity contribution in [1.29, 1.82) is 0 Å². The minimum Gasteiger partial charge on any atom is -0.494 e. The van der Waals surface area contributed by atoms with Crippen molar-refractivity contribution in [2.45, 2.75) is 20.4 Å². The molecule has 1 amide bonds. The van der Waals surface area contributed by atoms with Crippen LogP contribution in [0.4, 0.5) is 0 Å². The van der Waals surface area contributed by atoms with Gasteiger partial charge in [-0.05, 0) is 31.5 Å². The first-order valence-electron chi connectivity index (χ1n) is 7.50. The number of amides is 1. The molecule has 0 saturated carbocycles. The van der Waals surface area contributed by atoms with E-state index in [1.165, 1.54) is 0 Å². The summed E-state index contributed by atoms with van der Waals surface area (Å²) >= 11 is 0. The van der Waals surface area contributed by atoms with Gasteiger partial charge >= 0.3 is 0 Å². The Morgan fingerprint density at radius 2 is 2.00 bits per heavy atom. The number of hydrogen-bond acceptors (Lipinski definition) is 3. The fourth-order valence-corrected chi connectivity index (χ4v) is 1.73. The summed E-state index contributed by atoms with van der Waals surface area (Å²) in [6.45, 7) is 6.06. The molecule has 0 heterocycles. The number of aliphatic imine (C=N–C) groups is 1. The minimum absolute atomic E-state index is 0. The second-order valence-corrected chi connectivity index (χ2v) is 4.92. The van der Waals surface area contributed by atoms with Gasteiger partial charge in [-0.2, -0.15) is 0 Å². The quantitative estimate of drug-likeness (QED) is 0.391. The fraction of sp³-hybridized carbons (Fsp3) is 0.500. The molecule has 23 heavy (non-hydrogen) atoms. The monoisotopic (exact) mass is 434 g/mol. The maximum absolute atomic E-state index is 11.6. The number of carbonyl (C=O) groups excluding carboxylic acids is 1. The largest absolute Gasteiger partial charge is 0.494 e. The summed E-state index contributed by atoms with van der Waals surface area (Å²) in [6.07, 6.45) is 0. The van der Waals surface area contributed by atoms with Crippen LogP contribution < -0.4 is 15.4 Å². The Morgan fingerprint density at radius 1 is 1.26 bits per heavy atom. The van der Waals surface area contributed by atoms with E-state index in [2.05, 4.69) is 15.6 Å². The Morgan fingerprint density at radius 3 is 2.61 bits per heavy atom. The molecule has 2 N–H and O–H groups in total. The van der Waals surface area contributed by atoms with E-state index >= 15 is 0 Å². The molecule has 0 aliphatic heterocycles. The molecule has 0 spiro atoms. The Kier molecular flexibility index (Phi) is 11.2. The topological polar surface area (TPSA) is 66.0 Å². The lowest BCUT2D eigenvalue weighted by molar-refractivity contribution is -0.127. The van der Waals surface area contributed by atoms with E-state index in [9.17, 15) is 4.79 Å². The Bertz CT molecular complexity index is 507. The molecule has 1 rings (SSSR count). The number of likely N-dealkylation sites (N-methyl/N-ethyl adjacent to an activating group) is 1. The van der Waals surface area contributed by atoms with Gasteiger partial charge in [-0.3, -0.25) is 4.79 Å². The highest BCUT2D eigenvalue weighted by atomic mass is 127. The molecule has 0 aliphatic rings. The molecule has 0 aliphatic carbocycles. The minimum atomic E-state index is 0. The third kappa shape index (κ3) is 8.63. The van der Waals surface area contributed by atoms with Crippen molar-refractivity contribution in [2.75, 3.05) is 33.8 Å². The molecule has 0 radical (unpaired) electrons. The highest BCUT2D eigenvalue weighted by Crippen LogP contribution is 2.13. The predicted octanol–water partition coefficient (Wildman–Crippen LogP) is 1.85. The molecular weight excluding hydrogens is 407 g/mol. The van der Waals surface area contributed by atoms with Crippen LogP contribution in [-0.4, -0.2) is 50.6 Å². The summed E-state index contributed by atoms with van der Waals surface area (Å²) in [6, 6.07) is 7.85. The molecule has 130 valence electrons. The summed E-state index contributed by atoms with van der Waals surface area (Å²) < 4.78 is 5.48. The third-order valence-electron chi connectivity index (χ3n) is 2.88. The Balaban J connectivity index is 0.00000484. The summed E-state index contributed by atoms with van der Waals surface area (Å²) in [5.74, 6) is 1.47. The van der Waals surface area contributed by atoms with E-state index in [1.807, 2.05) is 38.1 Å². The second kappa shape index (κ2) is 12.0. The molecule has 7 heteroatoms. The number of rotatable bonds is 7.